The van der Waals surface area contributed by atoms with E-state index in [2.05, 4.69) is 5.10 Å². The molecule has 74 valence electrons. The first-order chi connectivity index (χ1) is 6.07. The minimum Gasteiger partial charge on any atom is -0.396 e. The van der Waals surface area contributed by atoms with Gasteiger partial charge in [-0.3, -0.25) is 4.68 Å². The van der Waals surface area contributed by atoms with Gasteiger partial charge in [0.2, 0.25) is 0 Å². The fourth-order valence-electron chi connectivity index (χ4n) is 1.33. The van der Waals surface area contributed by atoms with Crippen LogP contribution in [0, 0.1) is 6.92 Å². The summed E-state index contributed by atoms with van der Waals surface area (Å²) in [6.07, 6.45) is 0.499. The first-order valence-corrected chi connectivity index (χ1v) is 4.51. The smallest absolute Gasteiger partial charge is 0.0863 e. The second-order valence-electron chi connectivity index (χ2n) is 3.03. The van der Waals surface area contributed by atoms with Gasteiger partial charge in [-0.1, -0.05) is 11.6 Å². The van der Waals surface area contributed by atoms with Gasteiger partial charge in [0, 0.05) is 13.7 Å². The standard InChI is InChI=1S/C8H14ClN3O/c1-5-7(9)8(12(2)11-5)6(10)3-4-13/h6,13H,3-4,10H2,1-2H3. The van der Waals surface area contributed by atoms with Crippen LogP contribution in [0.5, 0.6) is 0 Å². The molecule has 4 nitrogen and oxygen atoms in total. The van der Waals surface area contributed by atoms with E-state index in [9.17, 15) is 0 Å². The van der Waals surface area contributed by atoms with Crippen molar-refractivity contribution in [1.82, 2.24) is 9.78 Å². The lowest BCUT2D eigenvalue weighted by atomic mass is 10.1. The van der Waals surface area contributed by atoms with Crippen molar-refractivity contribution in [2.45, 2.75) is 19.4 Å². The number of aliphatic hydroxyl groups excluding tert-OH is 1. The molecule has 0 saturated carbocycles. The molecule has 0 aromatic carbocycles. The number of nitrogens with two attached hydrogens (primary N) is 1. The number of halogens is 1. The summed E-state index contributed by atoms with van der Waals surface area (Å²) < 4.78 is 1.66. The van der Waals surface area contributed by atoms with Gasteiger partial charge >= 0.3 is 0 Å². The summed E-state index contributed by atoms with van der Waals surface area (Å²) in [6, 6.07) is -0.247. The van der Waals surface area contributed by atoms with Crippen LogP contribution in [0.4, 0.5) is 0 Å². The molecule has 1 aromatic rings. The van der Waals surface area contributed by atoms with E-state index in [4.69, 9.17) is 22.4 Å². The molecule has 1 aromatic heterocycles. The fourth-order valence-corrected chi connectivity index (χ4v) is 1.63. The van der Waals surface area contributed by atoms with Crippen LogP contribution in [0.3, 0.4) is 0 Å². The summed E-state index contributed by atoms with van der Waals surface area (Å²) >= 11 is 6.00. The highest BCUT2D eigenvalue weighted by Gasteiger charge is 2.17. The third kappa shape index (κ3) is 2.02. The van der Waals surface area contributed by atoms with E-state index in [-0.39, 0.29) is 12.6 Å². The molecule has 1 heterocycles. The maximum Gasteiger partial charge on any atom is 0.0863 e. The van der Waals surface area contributed by atoms with Gasteiger partial charge < -0.3 is 10.8 Å². The lowest BCUT2D eigenvalue weighted by molar-refractivity contribution is 0.274. The Balaban J connectivity index is 2.98. The Morgan fingerprint density at radius 3 is 2.69 bits per heavy atom. The van der Waals surface area contributed by atoms with Crippen molar-refractivity contribution < 1.29 is 5.11 Å². The van der Waals surface area contributed by atoms with E-state index in [0.717, 1.165) is 11.4 Å². The summed E-state index contributed by atoms with van der Waals surface area (Å²) in [7, 11) is 1.80. The molecule has 0 fully saturated rings. The Morgan fingerprint density at radius 2 is 2.31 bits per heavy atom. The van der Waals surface area contributed by atoms with Crippen LogP contribution < -0.4 is 5.73 Å². The maximum absolute atomic E-state index is 8.73. The van der Waals surface area contributed by atoms with Gasteiger partial charge in [0.15, 0.2) is 0 Å². The largest absolute Gasteiger partial charge is 0.396 e. The lowest BCUT2D eigenvalue weighted by Gasteiger charge is -2.10. The van der Waals surface area contributed by atoms with Gasteiger partial charge in [0.05, 0.1) is 22.5 Å². The van der Waals surface area contributed by atoms with Gasteiger partial charge in [-0.25, -0.2) is 0 Å². The fraction of sp³-hybridized carbons (Fsp3) is 0.625. The molecule has 0 spiro atoms. The Labute approximate surface area is 82.3 Å². The van der Waals surface area contributed by atoms with Crippen LogP contribution in [-0.4, -0.2) is 21.5 Å². The Morgan fingerprint density at radius 1 is 1.69 bits per heavy atom. The average Bonchev–Trinajstić information content (AvgIpc) is 2.27. The third-order valence-corrected chi connectivity index (χ3v) is 2.45. The molecule has 5 heteroatoms. The second kappa shape index (κ2) is 4.09. The first kappa shape index (κ1) is 10.5. The Bertz CT molecular complexity index is 298. The molecule has 1 atom stereocenters. The molecule has 1 rings (SSSR count). The maximum atomic E-state index is 8.73. The van der Waals surface area contributed by atoms with Crippen molar-refractivity contribution in [1.29, 1.82) is 0 Å². The first-order valence-electron chi connectivity index (χ1n) is 4.13. The highest BCUT2D eigenvalue weighted by atomic mass is 35.5. The van der Waals surface area contributed by atoms with E-state index in [1.807, 2.05) is 6.92 Å². The van der Waals surface area contributed by atoms with Gasteiger partial charge in [0.1, 0.15) is 0 Å². The van der Waals surface area contributed by atoms with Crippen molar-refractivity contribution in [3.8, 4) is 0 Å². The third-order valence-electron chi connectivity index (χ3n) is 1.98. The van der Waals surface area contributed by atoms with Gasteiger partial charge in [-0.2, -0.15) is 5.10 Å². The number of nitrogens with zero attached hydrogens (tertiary/aromatic N) is 2. The van der Waals surface area contributed by atoms with E-state index in [1.54, 1.807) is 11.7 Å². The van der Waals surface area contributed by atoms with Crippen molar-refractivity contribution in [3.05, 3.63) is 16.4 Å². The second-order valence-corrected chi connectivity index (χ2v) is 3.40. The number of aryl methyl sites for hydroxylation is 2. The summed E-state index contributed by atoms with van der Waals surface area (Å²) in [5.41, 5.74) is 7.37. The molecule has 0 amide bonds. The van der Waals surface area contributed by atoms with Crippen molar-refractivity contribution in [2.75, 3.05) is 6.61 Å². The minimum absolute atomic E-state index is 0.0573. The zero-order valence-corrected chi connectivity index (χ0v) is 8.54. The number of hydrogen-bond donors (Lipinski definition) is 2. The van der Waals surface area contributed by atoms with Crippen LogP contribution in [0.15, 0.2) is 0 Å². The summed E-state index contributed by atoms with van der Waals surface area (Å²) in [5, 5.41) is 13.5. The molecule has 0 aliphatic rings. The Hall–Kier alpha value is -0.580. The molecule has 0 saturated heterocycles. The van der Waals surface area contributed by atoms with Crippen LogP contribution in [0.1, 0.15) is 23.9 Å². The van der Waals surface area contributed by atoms with Gasteiger partial charge in [-0.05, 0) is 13.3 Å². The van der Waals surface area contributed by atoms with Crippen LogP contribution in [-0.2, 0) is 7.05 Å². The van der Waals surface area contributed by atoms with Gasteiger partial charge in [-0.15, -0.1) is 0 Å². The normalized spacial score (nSPS) is 13.3. The monoisotopic (exact) mass is 203 g/mol. The van der Waals surface area contributed by atoms with E-state index in [1.165, 1.54) is 0 Å². The van der Waals surface area contributed by atoms with E-state index >= 15 is 0 Å². The van der Waals surface area contributed by atoms with Crippen molar-refractivity contribution >= 4 is 11.6 Å². The summed E-state index contributed by atoms with van der Waals surface area (Å²) in [6.45, 7) is 1.89. The SMILES string of the molecule is Cc1nn(C)c(C(N)CCO)c1Cl. The molecule has 13 heavy (non-hydrogen) atoms. The number of hydrogen-bond acceptors (Lipinski definition) is 3. The molecule has 0 aliphatic heterocycles. The molecule has 0 aliphatic carbocycles. The van der Waals surface area contributed by atoms with Crippen molar-refractivity contribution in [3.63, 3.8) is 0 Å². The zero-order chi connectivity index (χ0) is 10.0. The van der Waals surface area contributed by atoms with Crippen LogP contribution in [0.25, 0.3) is 0 Å². The van der Waals surface area contributed by atoms with Crippen LogP contribution >= 0.6 is 11.6 Å². The lowest BCUT2D eigenvalue weighted by Crippen LogP contribution is -2.16. The highest BCUT2D eigenvalue weighted by molar-refractivity contribution is 6.31. The molecular weight excluding hydrogens is 190 g/mol. The molecular formula is C8H14ClN3O. The van der Waals surface area contributed by atoms with E-state index < -0.39 is 0 Å². The summed E-state index contributed by atoms with van der Waals surface area (Å²) in [5.74, 6) is 0. The Kier molecular flexibility index (Phi) is 3.30. The number of rotatable bonds is 3. The van der Waals surface area contributed by atoms with Crippen molar-refractivity contribution in [2.24, 2.45) is 12.8 Å². The molecule has 0 bridgehead atoms. The highest BCUT2D eigenvalue weighted by Crippen LogP contribution is 2.25. The average molecular weight is 204 g/mol. The molecule has 3 N–H and O–H groups in total. The predicted molar refractivity (Wildman–Crippen MR) is 51.6 cm³/mol. The summed E-state index contributed by atoms with van der Waals surface area (Å²) in [4.78, 5) is 0. The number of aromatic nitrogens is 2. The zero-order valence-electron chi connectivity index (χ0n) is 7.79. The van der Waals surface area contributed by atoms with E-state index in [0.29, 0.717) is 11.4 Å². The molecule has 0 radical (unpaired) electrons. The molecule has 1 unspecified atom stereocenters. The predicted octanol–water partition coefficient (Wildman–Crippen LogP) is 0.764. The van der Waals surface area contributed by atoms with Crippen LogP contribution in [0.2, 0.25) is 5.02 Å². The number of aliphatic hydroxyl groups is 1. The minimum atomic E-state index is -0.247. The topological polar surface area (TPSA) is 64.1 Å². The van der Waals surface area contributed by atoms with Gasteiger partial charge in [0.25, 0.3) is 0 Å². The quantitative estimate of drug-likeness (QED) is 0.763.